The number of rotatable bonds is 12. The van der Waals surface area contributed by atoms with Crippen molar-refractivity contribution in [3.63, 3.8) is 0 Å². The van der Waals surface area contributed by atoms with Gasteiger partial charge in [-0.2, -0.15) is 0 Å². The Balaban J connectivity index is 0.000000510. The van der Waals surface area contributed by atoms with E-state index in [9.17, 15) is 9.59 Å². The molecule has 1 atom stereocenters. The Labute approximate surface area is 265 Å². The summed E-state index contributed by atoms with van der Waals surface area (Å²) in [5, 5.41) is 15.6. The lowest BCUT2D eigenvalue weighted by molar-refractivity contribution is -0.134. The number of aliphatic carboxylic acids is 2. The summed E-state index contributed by atoms with van der Waals surface area (Å²) in [5.74, 6) is -0.467. The molecule has 2 N–H and O–H groups in total. The van der Waals surface area contributed by atoms with Gasteiger partial charge in [-0.05, 0) is 60.2 Å². The minimum absolute atomic E-state index is 0.0904. The van der Waals surface area contributed by atoms with Crippen molar-refractivity contribution < 1.29 is 34.0 Å². The van der Waals surface area contributed by atoms with Gasteiger partial charge < -0.3 is 29.3 Å². The highest BCUT2D eigenvalue weighted by molar-refractivity contribution is 5.89. The van der Waals surface area contributed by atoms with E-state index in [-0.39, 0.29) is 6.10 Å². The van der Waals surface area contributed by atoms with Crippen LogP contribution in [0.4, 0.5) is 0 Å². The summed E-state index contributed by atoms with van der Waals surface area (Å²) < 4.78 is 17.3. The fraction of sp³-hybridized carbons (Fsp3) is 0.389. The van der Waals surface area contributed by atoms with Gasteiger partial charge in [0.15, 0.2) is 11.5 Å². The standard InChI is InChI=1S/C32H40N2O3.C4H4O4/c1-35-30-22-27-15-21-37-32(29(27)23-31(30)36-2)24-34-19-17-33(18-20-34)16-9-14-28(25-10-5-3-6-11-25)26-12-7-4-8-13-26;5-3(6)1-2-4(7)8/h3-8,10-13,22-23,28,32H,9,14-21,24H2,1-2H3;1-2H,(H,5,6)(H,7,8)/b;2-1-. The topological polar surface area (TPSA) is 109 Å². The zero-order valence-electron chi connectivity index (χ0n) is 26.1. The number of carbonyl (C=O) groups is 2. The van der Waals surface area contributed by atoms with Gasteiger partial charge in [0, 0.05) is 50.8 Å². The highest BCUT2D eigenvalue weighted by Crippen LogP contribution is 2.37. The first-order valence-electron chi connectivity index (χ1n) is 15.4. The van der Waals surface area contributed by atoms with Crippen molar-refractivity contribution in [2.75, 3.05) is 60.1 Å². The van der Waals surface area contributed by atoms with Gasteiger partial charge in [-0.15, -0.1) is 0 Å². The van der Waals surface area contributed by atoms with Crippen LogP contribution in [0.25, 0.3) is 0 Å². The van der Waals surface area contributed by atoms with E-state index in [2.05, 4.69) is 82.6 Å². The Morgan fingerprint density at radius 1 is 0.844 bits per heavy atom. The summed E-state index contributed by atoms with van der Waals surface area (Å²) in [7, 11) is 3.40. The summed E-state index contributed by atoms with van der Waals surface area (Å²) >= 11 is 0. The molecule has 2 heterocycles. The van der Waals surface area contributed by atoms with Gasteiger partial charge in [-0.3, -0.25) is 4.90 Å². The lowest BCUT2D eigenvalue weighted by Crippen LogP contribution is -2.48. The van der Waals surface area contributed by atoms with Crippen molar-refractivity contribution in [2.24, 2.45) is 0 Å². The number of piperazine rings is 1. The third-order valence-electron chi connectivity index (χ3n) is 8.31. The number of hydrogen-bond donors (Lipinski definition) is 2. The van der Waals surface area contributed by atoms with Crippen molar-refractivity contribution in [1.82, 2.24) is 9.80 Å². The Morgan fingerprint density at radius 2 is 1.38 bits per heavy atom. The minimum Gasteiger partial charge on any atom is -0.493 e. The normalized spacial score (nSPS) is 16.9. The van der Waals surface area contributed by atoms with Crippen LogP contribution >= 0.6 is 0 Å². The van der Waals surface area contributed by atoms with Crippen molar-refractivity contribution in [3.05, 3.63) is 107 Å². The SMILES string of the molecule is COc1cc2c(cc1OC)C(CN1CCN(CCCC(c3ccccc3)c3ccccc3)CC1)OCC2.O=C(O)/C=C\C(=O)O. The zero-order valence-corrected chi connectivity index (χ0v) is 26.1. The van der Waals surface area contributed by atoms with Gasteiger partial charge in [-0.25, -0.2) is 9.59 Å². The lowest BCUT2D eigenvalue weighted by atomic mass is 9.87. The van der Waals surface area contributed by atoms with E-state index in [1.165, 1.54) is 35.1 Å². The van der Waals surface area contributed by atoms with Crippen LogP contribution in [0.15, 0.2) is 84.9 Å². The van der Waals surface area contributed by atoms with Gasteiger partial charge in [0.25, 0.3) is 0 Å². The molecule has 0 spiro atoms. The summed E-state index contributed by atoms with van der Waals surface area (Å²) in [6, 6.07) is 26.2. The number of benzene rings is 3. The molecule has 9 nitrogen and oxygen atoms in total. The Bertz CT molecular complexity index is 1330. The number of hydrogen-bond acceptors (Lipinski definition) is 7. The Hall–Kier alpha value is -4.18. The van der Waals surface area contributed by atoms with Gasteiger partial charge >= 0.3 is 11.9 Å². The molecule has 1 unspecified atom stereocenters. The monoisotopic (exact) mass is 616 g/mol. The molecule has 1 saturated heterocycles. The number of methoxy groups -OCH3 is 2. The average molecular weight is 617 g/mol. The quantitative estimate of drug-likeness (QED) is 0.264. The molecule has 0 aliphatic carbocycles. The number of fused-ring (bicyclic) bond motifs is 1. The van der Waals surface area contributed by atoms with Crippen LogP contribution < -0.4 is 9.47 Å². The third kappa shape index (κ3) is 10.2. The molecular formula is C36H44N2O7. The predicted molar refractivity (Wildman–Crippen MR) is 173 cm³/mol. The molecule has 5 rings (SSSR count). The molecule has 2 aliphatic rings. The second kappa shape index (κ2) is 17.3. The Kier molecular flexibility index (Phi) is 13.0. The van der Waals surface area contributed by atoms with Crippen molar-refractivity contribution in [3.8, 4) is 11.5 Å². The highest BCUT2D eigenvalue weighted by atomic mass is 16.5. The summed E-state index contributed by atoms with van der Waals surface area (Å²) in [6.07, 6.45) is 4.51. The van der Waals surface area contributed by atoms with Crippen LogP contribution in [-0.2, 0) is 20.7 Å². The average Bonchev–Trinajstić information content (AvgIpc) is 3.07. The molecular weight excluding hydrogens is 572 g/mol. The molecule has 45 heavy (non-hydrogen) atoms. The third-order valence-corrected chi connectivity index (χ3v) is 8.31. The van der Waals surface area contributed by atoms with E-state index in [1.54, 1.807) is 14.2 Å². The molecule has 9 heteroatoms. The van der Waals surface area contributed by atoms with Gasteiger partial charge in [-0.1, -0.05) is 60.7 Å². The molecule has 2 aliphatic heterocycles. The molecule has 1 fully saturated rings. The molecule has 3 aromatic rings. The number of carboxylic acid groups (broad SMARTS) is 2. The van der Waals surface area contributed by atoms with Crippen LogP contribution in [0.2, 0.25) is 0 Å². The van der Waals surface area contributed by atoms with Crippen LogP contribution in [0.1, 0.15) is 47.1 Å². The van der Waals surface area contributed by atoms with Crippen molar-refractivity contribution in [2.45, 2.75) is 31.3 Å². The van der Waals surface area contributed by atoms with E-state index >= 15 is 0 Å². The molecule has 3 aromatic carbocycles. The van der Waals surface area contributed by atoms with Crippen molar-refractivity contribution >= 4 is 11.9 Å². The summed E-state index contributed by atoms with van der Waals surface area (Å²) in [5.41, 5.74) is 5.40. The fourth-order valence-corrected chi connectivity index (χ4v) is 5.99. The molecule has 0 saturated carbocycles. The Morgan fingerprint density at radius 3 is 1.91 bits per heavy atom. The summed E-state index contributed by atoms with van der Waals surface area (Å²) in [4.78, 5) is 24.3. The van der Waals surface area contributed by atoms with E-state index in [0.29, 0.717) is 18.1 Å². The predicted octanol–water partition coefficient (Wildman–Crippen LogP) is 5.26. The van der Waals surface area contributed by atoms with E-state index in [4.69, 9.17) is 24.4 Å². The highest BCUT2D eigenvalue weighted by Gasteiger charge is 2.27. The van der Waals surface area contributed by atoms with Crippen LogP contribution in [-0.4, -0.2) is 92.0 Å². The van der Waals surface area contributed by atoms with E-state index in [1.807, 2.05) is 0 Å². The summed E-state index contributed by atoms with van der Waals surface area (Å²) in [6.45, 7) is 7.26. The first-order valence-corrected chi connectivity index (χ1v) is 15.4. The zero-order chi connectivity index (χ0) is 32.0. The van der Waals surface area contributed by atoms with Crippen LogP contribution in [0.3, 0.4) is 0 Å². The van der Waals surface area contributed by atoms with Crippen LogP contribution in [0.5, 0.6) is 11.5 Å². The van der Waals surface area contributed by atoms with E-state index in [0.717, 1.165) is 63.8 Å². The molecule has 0 bridgehead atoms. The maximum Gasteiger partial charge on any atom is 0.328 e. The largest absolute Gasteiger partial charge is 0.493 e. The van der Waals surface area contributed by atoms with Gasteiger partial charge in [0.05, 0.1) is 26.9 Å². The second-order valence-electron chi connectivity index (χ2n) is 11.2. The van der Waals surface area contributed by atoms with Gasteiger partial charge in [0.1, 0.15) is 0 Å². The first kappa shape index (κ1) is 33.7. The molecule has 0 aromatic heterocycles. The number of nitrogens with zero attached hydrogens (tertiary/aromatic N) is 2. The molecule has 0 amide bonds. The maximum absolute atomic E-state index is 9.55. The maximum atomic E-state index is 9.55. The molecule has 240 valence electrons. The number of ether oxygens (including phenoxy) is 3. The smallest absolute Gasteiger partial charge is 0.328 e. The first-order chi connectivity index (χ1) is 21.9. The number of carboxylic acids is 2. The molecule has 0 radical (unpaired) electrons. The van der Waals surface area contributed by atoms with Crippen molar-refractivity contribution in [1.29, 1.82) is 0 Å². The van der Waals surface area contributed by atoms with E-state index < -0.39 is 11.9 Å². The lowest BCUT2D eigenvalue weighted by Gasteiger charge is -2.38. The minimum atomic E-state index is -1.26. The van der Waals surface area contributed by atoms with Gasteiger partial charge in [0.2, 0.25) is 0 Å². The van der Waals surface area contributed by atoms with Crippen LogP contribution in [0, 0.1) is 0 Å². The fourth-order valence-electron chi connectivity index (χ4n) is 5.99. The second-order valence-corrected chi connectivity index (χ2v) is 11.2.